The van der Waals surface area contributed by atoms with E-state index in [0.29, 0.717) is 4.90 Å². The van der Waals surface area contributed by atoms with Crippen molar-refractivity contribution in [3.05, 3.63) is 58.1 Å². The number of carbonyl (C=O) groups is 2. The molecule has 32 heavy (non-hydrogen) atoms. The standard InChI is InChI=1S/C20H16Cl2F3N3O3S/c1-19(28-16(29)10-26-18(28)32,17(30)27-14-7-12(21)6-13(22)8-14)9-11-2-4-15(5-3-11)31-20(23,24)25/h2-8H,9-10H2,1H3,(H,26,32)(H,27,30)/t19-/m1/s1/i1D3,10+1,16+1. The number of halogens is 5. The lowest BCUT2D eigenvalue weighted by atomic mass is 9.90. The Morgan fingerprint density at radius 1 is 1.25 bits per heavy atom. The lowest BCUT2D eigenvalue weighted by Gasteiger charge is -2.36. The Morgan fingerprint density at radius 3 is 2.38 bits per heavy atom. The molecule has 3 rings (SSSR count). The molecule has 170 valence electrons. The van der Waals surface area contributed by atoms with E-state index in [4.69, 9.17) is 39.5 Å². The summed E-state index contributed by atoms with van der Waals surface area (Å²) < 4.78 is 66.0. The third-order valence-corrected chi connectivity index (χ3v) is 5.10. The van der Waals surface area contributed by atoms with Crippen molar-refractivity contribution < 1.29 is 31.6 Å². The van der Waals surface area contributed by atoms with Gasteiger partial charge in [-0.05, 0) is 55.0 Å². The van der Waals surface area contributed by atoms with Crippen LogP contribution in [-0.4, -0.2) is 40.3 Å². The van der Waals surface area contributed by atoms with Gasteiger partial charge in [0.25, 0.3) is 5.91 Å². The van der Waals surface area contributed by atoms with Crippen molar-refractivity contribution in [2.75, 3.05) is 11.9 Å². The highest BCUT2D eigenvalue weighted by Crippen LogP contribution is 2.29. The first-order valence-electron chi connectivity index (χ1n) is 10.4. The summed E-state index contributed by atoms with van der Waals surface area (Å²) >= 11 is 17.1. The Balaban J connectivity index is 2.09. The first-order valence-corrected chi connectivity index (χ1v) is 10.0. The molecule has 0 saturated carbocycles. The number of thiocarbonyl (C=S) groups is 1. The second kappa shape index (κ2) is 9.13. The highest BCUT2D eigenvalue weighted by Gasteiger charge is 2.47. The van der Waals surface area contributed by atoms with Gasteiger partial charge in [-0.1, -0.05) is 35.3 Å². The maximum Gasteiger partial charge on any atom is 0.573 e. The second-order valence-corrected chi connectivity index (χ2v) is 7.99. The summed E-state index contributed by atoms with van der Waals surface area (Å²) in [4.78, 5) is 27.0. The van der Waals surface area contributed by atoms with Crippen LogP contribution < -0.4 is 15.4 Å². The summed E-state index contributed by atoms with van der Waals surface area (Å²) in [5.74, 6) is -2.46. The van der Waals surface area contributed by atoms with Gasteiger partial charge in [-0.25, -0.2) is 0 Å². The molecule has 6 nitrogen and oxygen atoms in total. The Hall–Kier alpha value is -2.56. The van der Waals surface area contributed by atoms with Crippen LogP contribution in [0.1, 0.15) is 16.5 Å². The molecule has 12 heteroatoms. The monoisotopic (exact) mass is 510 g/mol. The summed E-state index contributed by atoms with van der Waals surface area (Å²) in [6.07, 6.45) is -5.55. The number of nitrogens with zero attached hydrogens (tertiary/aromatic N) is 1. The van der Waals surface area contributed by atoms with E-state index in [1.54, 1.807) is 0 Å². The summed E-state index contributed by atoms with van der Waals surface area (Å²) in [6, 6.07) is 8.27. The number of nitrogens with one attached hydrogen (secondary N) is 2. The molecule has 1 heterocycles. The van der Waals surface area contributed by atoms with E-state index in [1.165, 1.54) is 18.2 Å². The lowest BCUT2D eigenvalue weighted by Crippen LogP contribution is -2.58. The smallest absolute Gasteiger partial charge is 0.406 e. The first-order chi connectivity index (χ1) is 16.1. The number of benzene rings is 2. The van der Waals surface area contributed by atoms with Crippen LogP contribution in [0.2, 0.25) is 10.0 Å². The molecule has 2 N–H and O–H groups in total. The molecule has 0 aromatic heterocycles. The number of ether oxygens (including phenoxy) is 1. The van der Waals surface area contributed by atoms with Gasteiger partial charge in [0.2, 0.25) is 5.91 Å². The van der Waals surface area contributed by atoms with Crippen molar-refractivity contribution in [1.29, 1.82) is 0 Å². The molecule has 0 bridgehead atoms. The molecule has 1 fully saturated rings. The topological polar surface area (TPSA) is 70.7 Å². The van der Waals surface area contributed by atoms with Gasteiger partial charge in [0.15, 0.2) is 5.11 Å². The van der Waals surface area contributed by atoms with Crippen LogP contribution in [-0.2, 0) is 16.0 Å². The van der Waals surface area contributed by atoms with Crippen LogP contribution in [0, 0.1) is 0 Å². The summed E-state index contributed by atoms with van der Waals surface area (Å²) in [7, 11) is 0. The van der Waals surface area contributed by atoms with Crippen molar-refractivity contribution in [2.24, 2.45) is 0 Å². The number of alkyl halides is 3. The maximum atomic E-state index is 13.6. The molecule has 2 amide bonds. The van der Waals surface area contributed by atoms with E-state index in [1.807, 2.05) is 0 Å². The minimum absolute atomic E-state index is 0.0561. The van der Waals surface area contributed by atoms with Crippen LogP contribution in [0.3, 0.4) is 0 Å². The average molecular weight is 511 g/mol. The molecular weight excluding hydrogens is 492 g/mol. The van der Waals surface area contributed by atoms with Gasteiger partial charge < -0.3 is 15.4 Å². The summed E-state index contributed by atoms with van der Waals surface area (Å²) in [5, 5.41) is 4.99. The minimum atomic E-state index is -4.93. The molecule has 1 aliphatic rings. The fourth-order valence-corrected chi connectivity index (χ4v) is 3.89. The zero-order chi connectivity index (χ0) is 26.2. The van der Waals surface area contributed by atoms with Gasteiger partial charge in [0.1, 0.15) is 11.3 Å². The zero-order valence-corrected chi connectivity index (χ0v) is 18.3. The number of rotatable bonds is 6. The number of anilines is 1. The van der Waals surface area contributed by atoms with E-state index < -0.39 is 42.7 Å². The summed E-state index contributed by atoms with van der Waals surface area (Å²) in [6.45, 7) is -3.49. The minimum Gasteiger partial charge on any atom is -0.406 e. The highest BCUT2D eigenvalue weighted by atomic mass is 35.5. The van der Waals surface area contributed by atoms with Crippen LogP contribution in [0.4, 0.5) is 18.9 Å². The number of carbonyl (C=O) groups excluding carboxylic acids is 2. The van der Waals surface area contributed by atoms with Crippen molar-refractivity contribution in [1.82, 2.24) is 10.2 Å². The van der Waals surface area contributed by atoms with E-state index in [9.17, 15) is 22.8 Å². The Morgan fingerprint density at radius 2 is 1.88 bits per heavy atom. The lowest BCUT2D eigenvalue weighted by molar-refractivity contribution is -0.274. The predicted octanol–water partition coefficient (Wildman–Crippen LogP) is 4.55. The Kier molecular flexibility index (Phi) is 5.73. The van der Waals surface area contributed by atoms with Crippen molar-refractivity contribution in [3.63, 3.8) is 0 Å². The number of hydrogen-bond donors (Lipinski definition) is 2. The van der Waals surface area contributed by atoms with Gasteiger partial charge >= 0.3 is 6.36 Å². The van der Waals surface area contributed by atoms with E-state index in [-0.39, 0.29) is 33.0 Å². The fourth-order valence-electron chi connectivity index (χ4n) is 3.03. The van der Waals surface area contributed by atoms with Crippen molar-refractivity contribution in [3.8, 4) is 5.75 Å². The molecule has 0 spiro atoms. The Bertz CT molecular complexity index is 1130. The van der Waals surface area contributed by atoms with Gasteiger partial charge in [0.05, 0.1) is 6.54 Å². The van der Waals surface area contributed by atoms with Crippen molar-refractivity contribution >= 4 is 58.0 Å². The first kappa shape index (κ1) is 20.1. The molecule has 0 aliphatic carbocycles. The molecule has 2 aromatic rings. The third kappa shape index (κ3) is 5.62. The van der Waals surface area contributed by atoms with Crippen LogP contribution in [0.25, 0.3) is 0 Å². The van der Waals surface area contributed by atoms with Crippen LogP contribution >= 0.6 is 35.4 Å². The normalized spacial score (nSPS) is 17.7. The molecule has 1 aliphatic heterocycles. The number of hydrogen-bond acceptors (Lipinski definition) is 4. The maximum absolute atomic E-state index is 13.6. The number of amides is 2. The Labute approximate surface area is 200 Å². The fraction of sp³-hybridized carbons (Fsp3) is 0.250. The highest BCUT2D eigenvalue weighted by molar-refractivity contribution is 7.80. The predicted molar refractivity (Wildman–Crippen MR) is 118 cm³/mol. The average Bonchev–Trinajstić information content (AvgIpc) is 3.03. The van der Waals surface area contributed by atoms with Gasteiger partial charge in [-0.15, -0.1) is 13.2 Å². The molecular formula is C20H16Cl2F3N3O3S. The molecule has 2 aromatic carbocycles. The third-order valence-electron chi connectivity index (χ3n) is 4.34. The molecule has 1 atom stereocenters. The summed E-state index contributed by atoms with van der Waals surface area (Å²) in [5.41, 5.74) is -2.40. The molecule has 0 radical (unpaired) electrons. The second-order valence-electron chi connectivity index (χ2n) is 6.73. The van der Waals surface area contributed by atoms with Gasteiger partial charge in [0, 0.05) is 26.3 Å². The van der Waals surface area contributed by atoms with Crippen LogP contribution in [0.15, 0.2) is 42.5 Å². The van der Waals surface area contributed by atoms with Crippen LogP contribution in [0.5, 0.6) is 5.75 Å². The zero-order valence-electron chi connectivity index (χ0n) is 18.9. The molecule has 0 unspecified atom stereocenters. The van der Waals surface area contributed by atoms with E-state index >= 15 is 0 Å². The van der Waals surface area contributed by atoms with Gasteiger partial charge in [-0.3, -0.25) is 14.5 Å². The SMILES string of the molecule is [2H]C([2H])([2H])[C@@](Cc1ccc(OC(F)(F)F)cc1)(C(=O)Nc1cc(Cl)cc(Cl)c1)N1C(=S)N[13CH2][13C]1=O. The van der Waals surface area contributed by atoms with E-state index in [0.717, 1.165) is 24.3 Å². The quantitative estimate of drug-likeness (QED) is 0.440. The molecule has 1 saturated heterocycles. The largest absolute Gasteiger partial charge is 0.573 e. The van der Waals surface area contributed by atoms with Gasteiger partial charge in [-0.2, -0.15) is 0 Å². The van der Waals surface area contributed by atoms with Crippen molar-refractivity contribution in [2.45, 2.75) is 25.2 Å². The van der Waals surface area contributed by atoms with E-state index in [2.05, 4.69) is 15.4 Å².